The zero-order valence-electron chi connectivity index (χ0n) is 19.9. The minimum Gasteiger partial charge on any atom is -0.206 e. The van der Waals surface area contributed by atoms with Gasteiger partial charge in [0.25, 0.3) is 0 Å². The summed E-state index contributed by atoms with van der Waals surface area (Å²) in [6.07, 6.45) is 5.92. The molecule has 0 spiro atoms. The van der Waals surface area contributed by atoms with Crippen molar-refractivity contribution in [1.82, 2.24) is 0 Å². The Bertz CT molecular complexity index is 1340. The van der Waals surface area contributed by atoms with Gasteiger partial charge in [-0.3, -0.25) is 0 Å². The maximum atomic E-state index is 15.2. The average molecular weight is 472 g/mol. The Hall–Kier alpha value is -3.58. The van der Waals surface area contributed by atoms with Crippen molar-refractivity contribution in [2.75, 3.05) is 0 Å². The van der Waals surface area contributed by atoms with Gasteiger partial charge in [-0.15, -0.1) is 0 Å². The predicted molar refractivity (Wildman–Crippen MR) is 135 cm³/mol. The molecule has 0 heterocycles. The fourth-order valence-corrected chi connectivity index (χ4v) is 4.43. The Labute approximate surface area is 204 Å². The number of benzene rings is 4. The molecule has 0 radical (unpaired) electrons. The molecule has 4 heteroatoms. The molecule has 0 fully saturated rings. The molecular weight excluding hydrogens is 443 g/mol. The molecule has 1 nitrogen and oxygen atoms in total. The predicted octanol–water partition coefficient (Wildman–Crippen LogP) is 8.04. The van der Waals surface area contributed by atoms with Crippen molar-refractivity contribution in [3.8, 4) is 6.07 Å². The van der Waals surface area contributed by atoms with E-state index in [1.807, 2.05) is 24.3 Å². The average Bonchev–Trinajstić information content (AvgIpc) is 2.86. The number of aryl methyl sites for hydroxylation is 5. The summed E-state index contributed by atoms with van der Waals surface area (Å²) >= 11 is 0. The molecule has 0 aliphatic carbocycles. The van der Waals surface area contributed by atoms with Crippen LogP contribution in [0.3, 0.4) is 0 Å². The van der Waals surface area contributed by atoms with Crippen LogP contribution in [0.1, 0.15) is 53.1 Å². The molecule has 0 atom stereocenters. The summed E-state index contributed by atoms with van der Waals surface area (Å²) in [6, 6.07) is 22.1. The first-order valence-corrected chi connectivity index (χ1v) is 12.1. The standard InChI is InChI=1S/C31H28F3N/c1-2-3-4-21-5-7-22(8-6-21)9-10-23-12-16-27-26(17-23)15-14-25(31(27)34)13-11-24-18-29(32)28(20-35)30(33)19-24/h5-8,12,14-19H,2-4,9-11,13H2,1H3. The molecule has 0 aromatic heterocycles. The second-order valence-corrected chi connectivity index (χ2v) is 9.06. The van der Waals surface area contributed by atoms with Crippen molar-refractivity contribution < 1.29 is 13.2 Å². The molecule has 4 aromatic rings. The van der Waals surface area contributed by atoms with Crippen molar-refractivity contribution in [1.29, 1.82) is 5.26 Å². The lowest BCUT2D eigenvalue weighted by molar-refractivity contribution is 0.572. The fraction of sp³-hybridized carbons (Fsp3) is 0.258. The SMILES string of the molecule is CCCCc1ccc(CCc2ccc3c(F)c(CCc4cc(F)c(C#N)c(F)c4)ccc3c2)cc1. The van der Waals surface area contributed by atoms with Gasteiger partial charge in [-0.25, -0.2) is 13.2 Å². The molecule has 4 aromatic carbocycles. The van der Waals surface area contributed by atoms with Gasteiger partial charge in [0, 0.05) is 5.39 Å². The van der Waals surface area contributed by atoms with Crippen LogP contribution in [0.4, 0.5) is 13.2 Å². The molecule has 0 amide bonds. The normalized spacial score (nSPS) is 11.1. The van der Waals surface area contributed by atoms with E-state index >= 15 is 4.39 Å². The van der Waals surface area contributed by atoms with Crippen molar-refractivity contribution in [3.05, 3.63) is 118 Å². The summed E-state index contributed by atoms with van der Waals surface area (Å²) in [5.74, 6) is -2.07. The Balaban J connectivity index is 1.42. The molecule has 35 heavy (non-hydrogen) atoms. The first kappa shape index (κ1) is 24.5. The van der Waals surface area contributed by atoms with E-state index in [0.717, 1.165) is 42.3 Å². The minimum atomic E-state index is -0.888. The second kappa shape index (κ2) is 11.2. The maximum absolute atomic E-state index is 15.2. The summed E-state index contributed by atoms with van der Waals surface area (Å²) < 4.78 is 42.9. The van der Waals surface area contributed by atoms with E-state index in [1.54, 1.807) is 6.07 Å². The van der Waals surface area contributed by atoms with Gasteiger partial charge < -0.3 is 0 Å². The highest BCUT2D eigenvalue weighted by atomic mass is 19.1. The van der Waals surface area contributed by atoms with E-state index in [9.17, 15) is 8.78 Å². The minimum absolute atomic E-state index is 0.275. The van der Waals surface area contributed by atoms with Crippen LogP contribution in [0.2, 0.25) is 0 Å². The first-order chi connectivity index (χ1) is 17.0. The van der Waals surface area contributed by atoms with Gasteiger partial charge >= 0.3 is 0 Å². The Morgan fingerprint density at radius 2 is 1.26 bits per heavy atom. The van der Waals surface area contributed by atoms with Gasteiger partial charge in [0.15, 0.2) is 0 Å². The molecule has 4 rings (SSSR count). The van der Waals surface area contributed by atoms with Crippen molar-refractivity contribution in [2.45, 2.75) is 51.9 Å². The lowest BCUT2D eigenvalue weighted by Gasteiger charge is -2.10. The Morgan fingerprint density at radius 1 is 0.657 bits per heavy atom. The maximum Gasteiger partial charge on any atom is 0.144 e. The largest absolute Gasteiger partial charge is 0.206 e. The van der Waals surface area contributed by atoms with Crippen LogP contribution < -0.4 is 0 Å². The van der Waals surface area contributed by atoms with Crippen LogP contribution >= 0.6 is 0 Å². The van der Waals surface area contributed by atoms with Gasteiger partial charge in [-0.1, -0.05) is 67.9 Å². The van der Waals surface area contributed by atoms with E-state index in [1.165, 1.54) is 30.0 Å². The topological polar surface area (TPSA) is 23.8 Å². The number of halogens is 3. The Morgan fingerprint density at radius 3 is 1.91 bits per heavy atom. The van der Waals surface area contributed by atoms with Crippen LogP contribution in [-0.4, -0.2) is 0 Å². The summed E-state index contributed by atoms with van der Waals surface area (Å²) in [7, 11) is 0. The third-order valence-electron chi connectivity index (χ3n) is 6.54. The number of hydrogen-bond acceptors (Lipinski definition) is 1. The van der Waals surface area contributed by atoms with Gasteiger partial charge in [0.1, 0.15) is 29.1 Å². The summed E-state index contributed by atoms with van der Waals surface area (Å²) in [5.41, 5.74) is 4.13. The molecule has 0 bridgehead atoms. The molecule has 0 saturated carbocycles. The van der Waals surface area contributed by atoms with Crippen molar-refractivity contribution in [2.24, 2.45) is 0 Å². The highest BCUT2D eigenvalue weighted by Gasteiger charge is 2.13. The number of nitriles is 1. The van der Waals surface area contributed by atoms with E-state index in [-0.39, 0.29) is 12.2 Å². The lowest BCUT2D eigenvalue weighted by Crippen LogP contribution is -1.99. The van der Waals surface area contributed by atoms with Crippen LogP contribution in [0.25, 0.3) is 10.8 Å². The number of rotatable bonds is 9. The highest BCUT2D eigenvalue weighted by Crippen LogP contribution is 2.25. The highest BCUT2D eigenvalue weighted by molar-refractivity contribution is 5.84. The molecular formula is C31H28F3N. The van der Waals surface area contributed by atoms with Crippen molar-refractivity contribution >= 4 is 10.8 Å². The second-order valence-electron chi connectivity index (χ2n) is 9.06. The zero-order chi connectivity index (χ0) is 24.8. The molecule has 0 aliphatic rings. The number of nitrogens with zero attached hydrogens (tertiary/aromatic N) is 1. The molecule has 0 saturated heterocycles. The van der Waals surface area contributed by atoms with Gasteiger partial charge in [0.2, 0.25) is 0 Å². The van der Waals surface area contributed by atoms with E-state index in [2.05, 4.69) is 31.2 Å². The van der Waals surface area contributed by atoms with E-state index < -0.39 is 17.2 Å². The third kappa shape index (κ3) is 5.92. The Kier molecular flexibility index (Phi) is 7.87. The molecule has 178 valence electrons. The molecule has 0 N–H and O–H groups in total. The zero-order valence-corrected chi connectivity index (χ0v) is 19.9. The van der Waals surface area contributed by atoms with E-state index in [0.29, 0.717) is 22.9 Å². The summed E-state index contributed by atoms with van der Waals surface area (Å²) in [4.78, 5) is 0. The fourth-order valence-electron chi connectivity index (χ4n) is 4.43. The summed E-state index contributed by atoms with van der Waals surface area (Å²) in [5, 5.41) is 10.2. The molecule has 0 aliphatic heterocycles. The summed E-state index contributed by atoms with van der Waals surface area (Å²) in [6.45, 7) is 2.20. The lowest BCUT2D eigenvalue weighted by atomic mass is 9.96. The van der Waals surface area contributed by atoms with Gasteiger partial charge in [-0.2, -0.15) is 5.26 Å². The van der Waals surface area contributed by atoms with Gasteiger partial charge in [0.05, 0.1) is 0 Å². The molecule has 0 unspecified atom stereocenters. The third-order valence-corrected chi connectivity index (χ3v) is 6.54. The van der Waals surface area contributed by atoms with Crippen LogP contribution in [0, 0.1) is 28.8 Å². The van der Waals surface area contributed by atoms with Gasteiger partial charge in [-0.05, 0) is 83.9 Å². The van der Waals surface area contributed by atoms with Crippen molar-refractivity contribution in [3.63, 3.8) is 0 Å². The van der Waals surface area contributed by atoms with E-state index in [4.69, 9.17) is 5.26 Å². The smallest absolute Gasteiger partial charge is 0.144 e. The monoisotopic (exact) mass is 471 g/mol. The van der Waals surface area contributed by atoms with Crippen LogP contribution in [-0.2, 0) is 32.1 Å². The van der Waals surface area contributed by atoms with Crippen LogP contribution in [0.15, 0.2) is 66.7 Å². The van der Waals surface area contributed by atoms with Crippen LogP contribution in [0.5, 0.6) is 0 Å². The quantitative estimate of drug-likeness (QED) is 0.242. The number of fused-ring (bicyclic) bond motifs is 1. The number of unbranched alkanes of at least 4 members (excludes halogenated alkanes) is 1. The number of hydrogen-bond donors (Lipinski definition) is 0. The first-order valence-electron chi connectivity index (χ1n) is 12.1.